The van der Waals surface area contributed by atoms with Crippen LogP contribution in [0.5, 0.6) is 0 Å². The van der Waals surface area contributed by atoms with E-state index in [1.807, 2.05) is 31.4 Å². The summed E-state index contributed by atoms with van der Waals surface area (Å²) >= 11 is 1.55. The molecule has 1 atom stereocenters. The third-order valence-corrected chi connectivity index (χ3v) is 2.77. The fraction of sp³-hybridized carbons (Fsp3) is 0.500. The smallest absolute Gasteiger partial charge is 0.166 e. The molecule has 0 aromatic carbocycles. The van der Waals surface area contributed by atoms with Gasteiger partial charge >= 0.3 is 0 Å². The second-order valence-electron chi connectivity index (χ2n) is 3.41. The zero-order valence-corrected chi connectivity index (χ0v) is 8.67. The first-order chi connectivity index (χ1) is 6.11. The molecule has 13 heavy (non-hydrogen) atoms. The Labute approximate surface area is 82.2 Å². The lowest BCUT2D eigenvalue weighted by molar-refractivity contribution is -0.128. The van der Waals surface area contributed by atoms with Crippen molar-refractivity contribution in [3.8, 4) is 0 Å². The molecule has 0 radical (unpaired) electrons. The van der Waals surface area contributed by atoms with E-state index in [1.54, 1.807) is 11.3 Å². The van der Waals surface area contributed by atoms with Crippen LogP contribution in [0.25, 0.3) is 0 Å². The summed E-state index contributed by atoms with van der Waals surface area (Å²) in [5.74, 6) is -0.0788. The van der Waals surface area contributed by atoms with Crippen molar-refractivity contribution in [2.45, 2.75) is 26.4 Å². The molecular weight excluding hydrogens is 184 g/mol. The third kappa shape index (κ3) is 2.94. The van der Waals surface area contributed by atoms with Gasteiger partial charge < -0.3 is 5.11 Å². The molecule has 0 aliphatic rings. The van der Waals surface area contributed by atoms with E-state index in [0.29, 0.717) is 6.42 Å². The van der Waals surface area contributed by atoms with E-state index in [4.69, 9.17) is 0 Å². The minimum Gasteiger partial charge on any atom is -0.385 e. The van der Waals surface area contributed by atoms with Gasteiger partial charge in [0.05, 0.1) is 0 Å². The minimum atomic E-state index is -0.818. The van der Waals surface area contributed by atoms with Crippen molar-refractivity contribution in [2.24, 2.45) is 5.92 Å². The number of carbonyl (C=O) groups excluding carboxylic acids is 1. The van der Waals surface area contributed by atoms with E-state index >= 15 is 0 Å². The first kappa shape index (κ1) is 10.4. The van der Waals surface area contributed by atoms with Crippen LogP contribution in [0.3, 0.4) is 0 Å². The number of ketones is 1. The average molecular weight is 198 g/mol. The summed E-state index contributed by atoms with van der Waals surface area (Å²) in [4.78, 5) is 12.4. The molecule has 2 nitrogen and oxygen atoms in total. The van der Waals surface area contributed by atoms with Crippen LogP contribution in [0, 0.1) is 5.92 Å². The van der Waals surface area contributed by atoms with Gasteiger partial charge in [0.1, 0.15) is 6.10 Å². The second kappa shape index (κ2) is 4.53. The lowest BCUT2D eigenvalue weighted by Crippen LogP contribution is -2.27. The van der Waals surface area contributed by atoms with Gasteiger partial charge in [0, 0.05) is 11.3 Å². The van der Waals surface area contributed by atoms with E-state index in [-0.39, 0.29) is 11.7 Å². The Bertz CT molecular complexity index is 264. The Morgan fingerprint density at radius 1 is 1.62 bits per heavy atom. The van der Waals surface area contributed by atoms with E-state index in [2.05, 4.69) is 0 Å². The maximum Gasteiger partial charge on any atom is 0.166 e. The van der Waals surface area contributed by atoms with Gasteiger partial charge in [-0.1, -0.05) is 19.9 Å². The van der Waals surface area contributed by atoms with Gasteiger partial charge in [-0.2, -0.15) is 0 Å². The van der Waals surface area contributed by atoms with Crippen molar-refractivity contribution < 1.29 is 9.90 Å². The molecule has 0 aliphatic carbocycles. The predicted molar refractivity (Wildman–Crippen MR) is 53.9 cm³/mol. The highest BCUT2D eigenvalue weighted by Gasteiger charge is 2.18. The number of hydrogen-bond donors (Lipinski definition) is 1. The Morgan fingerprint density at radius 2 is 2.31 bits per heavy atom. The molecule has 1 unspecified atom stereocenters. The van der Waals surface area contributed by atoms with Gasteiger partial charge in [-0.25, -0.2) is 0 Å². The fourth-order valence-electron chi connectivity index (χ4n) is 1.06. The number of thiophene rings is 1. The Hall–Kier alpha value is -0.670. The molecule has 0 fully saturated rings. The molecule has 0 amide bonds. The standard InChI is InChI=1S/C10H14O2S/c1-7(2)10(12)9(11)6-8-4-3-5-13-8/h3-5,7,10,12H,6H2,1-2H3. The van der Waals surface area contributed by atoms with Gasteiger partial charge in [0.15, 0.2) is 5.78 Å². The summed E-state index contributed by atoms with van der Waals surface area (Å²) in [5, 5.41) is 11.4. The topological polar surface area (TPSA) is 37.3 Å². The molecule has 1 N–H and O–H groups in total. The summed E-state index contributed by atoms with van der Waals surface area (Å²) in [6.07, 6.45) is -0.459. The first-order valence-electron chi connectivity index (χ1n) is 4.34. The first-order valence-corrected chi connectivity index (χ1v) is 5.22. The monoisotopic (exact) mass is 198 g/mol. The van der Waals surface area contributed by atoms with Crippen molar-refractivity contribution in [1.82, 2.24) is 0 Å². The molecule has 3 heteroatoms. The van der Waals surface area contributed by atoms with Crippen molar-refractivity contribution in [1.29, 1.82) is 0 Å². The van der Waals surface area contributed by atoms with Crippen LogP contribution in [0.1, 0.15) is 18.7 Å². The van der Waals surface area contributed by atoms with Crippen LogP contribution >= 0.6 is 11.3 Å². The van der Waals surface area contributed by atoms with Gasteiger partial charge in [-0.05, 0) is 17.4 Å². The van der Waals surface area contributed by atoms with Crippen molar-refractivity contribution in [3.63, 3.8) is 0 Å². The zero-order valence-electron chi connectivity index (χ0n) is 7.86. The highest BCUT2D eigenvalue weighted by Crippen LogP contribution is 2.12. The van der Waals surface area contributed by atoms with E-state index in [0.717, 1.165) is 4.88 Å². The zero-order chi connectivity index (χ0) is 9.84. The lowest BCUT2D eigenvalue weighted by Gasteiger charge is -2.11. The Balaban J connectivity index is 2.51. The maximum atomic E-state index is 11.4. The molecule has 1 aromatic rings. The summed E-state index contributed by atoms with van der Waals surface area (Å²) in [6, 6.07) is 3.82. The molecule has 0 aliphatic heterocycles. The summed E-state index contributed by atoms with van der Waals surface area (Å²) in [5.41, 5.74) is 0. The Kier molecular flexibility index (Phi) is 3.63. The highest BCUT2D eigenvalue weighted by molar-refractivity contribution is 7.10. The molecule has 0 bridgehead atoms. The highest BCUT2D eigenvalue weighted by atomic mass is 32.1. The molecule has 0 saturated heterocycles. The molecule has 72 valence electrons. The third-order valence-electron chi connectivity index (χ3n) is 1.89. The molecule has 1 heterocycles. The van der Waals surface area contributed by atoms with Crippen LogP contribution < -0.4 is 0 Å². The molecule has 1 aromatic heterocycles. The van der Waals surface area contributed by atoms with Crippen LogP contribution in [0.15, 0.2) is 17.5 Å². The van der Waals surface area contributed by atoms with E-state index < -0.39 is 6.10 Å². The second-order valence-corrected chi connectivity index (χ2v) is 4.44. The molecule has 1 rings (SSSR count). The van der Waals surface area contributed by atoms with Crippen LogP contribution in [-0.2, 0) is 11.2 Å². The number of hydrogen-bond acceptors (Lipinski definition) is 3. The SMILES string of the molecule is CC(C)C(O)C(=O)Cc1cccs1. The van der Waals surface area contributed by atoms with Crippen LogP contribution in [0.2, 0.25) is 0 Å². The quantitative estimate of drug-likeness (QED) is 0.802. The molecule has 0 saturated carbocycles. The predicted octanol–water partition coefficient (Wildman–Crippen LogP) is 1.88. The maximum absolute atomic E-state index is 11.4. The molecular formula is C10H14O2S. The number of rotatable bonds is 4. The minimum absolute atomic E-state index is 0.00691. The van der Waals surface area contributed by atoms with Crippen LogP contribution in [-0.4, -0.2) is 17.0 Å². The van der Waals surface area contributed by atoms with E-state index in [9.17, 15) is 9.90 Å². The summed E-state index contributed by atoms with van der Waals surface area (Å²) < 4.78 is 0. The van der Waals surface area contributed by atoms with Gasteiger partial charge in [-0.15, -0.1) is 11.3 Å². The van der Waals surface area contributed by atoms with Crippen molar-refractivity contribution in [3.05, 3.63) is 22.4 Å². The Morgan fingerprint density at radius 3 is 2.77 bits per heavy atom. The average Bonchev–Trinajstić information content (AvgIpc) is 2.55. The lowest BCUT2D eigenvalue weighted by atomic mass is 10.0. The number of Topliss-reactive ketones (excluding diaryl/α,β-unsaturated/α-hetero) is 1. The normalized spacial score (nSPS) is 13.2. The van der Waals surface area contributed by atoms with Crippen molar-refractivity contribution in [2.75, 3.05) is 0 Å². The van der Waals surface area contributed by atoms with Crippen molar-refractivity contribution >= 4 is 17.1 Å². The fourth-order valence-corrected chi connectivity index (χ4v) is 1.78. The summed E-state index contributed by atoms with van der Waals surface area (Å²) in [6.45, 7) is 3.69. The van der Waals surface area contributed by atoms with Gasteiger partial charge in [-0.3, -0.25) is 4.79 Å². The summed E-state index contributed by atoms with van der Waals surface area (Å²) in [7, 11) is 0. The van der Waals surface area contributed by atoms with E-state index in [1.165, 1.54) is 0 Å². The molecule has 0 spiro atoms. The van der Waals surface area contributed by atoms with Gasteiger partial charge in [0.25, 0.3) is 0 Å². The largest absolute Gasteiger partial charge is 0.385 e. The number of aliphatic hydroxyl groups is 1. The van der Waals surface area contributed by atoms with Crippen LogP contribution in [0.4, 0.5) is 0 Å². The number of carbonyl (C=O) groups is 1. The number of aliphatic hydroxyl groups excluding tert-OH is 1. The van der Waals surface area contributed by atoms with Gasteiger partial charge in [0.2, 0.25) is 0 Å².